The van der Waals surface area contributed by atoms with Crippen LogP contribution in [0, 0.1) is 0 Å². The Labute approximate surface area is 332 Å². The molecule has 0 aliphatic rings. The van der Waals surface area contributed by atoms with Crippen molar-refractivity contribution in [2.75, 3.05) is 19.8 Å². The molecule has 0 aliphatic carbocycles. The molecule has 0 radical (unpaired) electrons. The van der Waals surface area contributed by atoms with Crippen LogP contribution in [0.3, 0.4) is 0 Å². The number of nitrogens with two attached hydrogens (primary N) is 1. The fourth-order valence-corrected chi connectivity index (χ4v) is 7.40. The number of aliphatic hydroxyl groups excluding tert-OH is 2. The number of rotatable bonds is 42. The van der Waals surface area contributed by atoms with E-state index < -0.39 is 38.6 Å². The highest BCUT2D eigenvalue weighted by molar-refractivity contribution is 7.47. The predicted octanol–water partition coefficient (Wildman–Crippen LogP) is 11.5. The lowest BCUT2D eigenvalue weighted by atomic mass is 10.0. The molecule has 4 atom stereocenters. The van der Waals surface area contributed by atoms with Gasteiger partial charge < -0.3 is 26.2 Å². The van der Waals surface area contributed by atoms with E-state index in [1.807, 2.05) is 6.08 Å². The van der Waals surface area contributed by atoms with Gasteiger partial charge in [0.25, 0.3) is 0 Å². The molecule has 6 N–H and O–H groups in total. The third-order valence-corrected chi connectivity index (χ3v) is 11.1. The van der Waals surface area contributed by atoms with Crippen molar-refractivity contribution in [1.82, 2.24) is 5.32 Å². The Hall–Kier alpha value is -1.06. The van der Waals surface area contributed by atoms with E-state index in [2.05, 4.69) is 31.3 Å². The SMILES string of the molecule is CCCCCCCCCCC/C=C\CCCCCC(O)CC(=O)NC(COP(=O)(O)OCCN)C(O)/C=C/CCCCCCCCCCCCCCCC. The first-order valence-corrected chi connectivity index (χ1v) is 24.0. The van der Waals surface area contributed by atoms with Crippen molar-refractivity contribution in [3.8, 4) is 0 Å². The van der Waals surface area contributed by atoms with E-state index in [0.29, 0.717) is 6.42 Å². The average molecular weight is 787 g/mol. The molecule has 0 heterocycles. The van der Waals surface area contributed by atoms with Gasteiger partial charge >= 0.3 is 7.82 Å². The van der Waals surface area contributed by atoms with Crippen LogP contribution in [0.25, 0.3) is 0 Å². The molecular weight excluding hydrogens is 699 g/mol. The van der Waals surface area contributed by atoms with Gasteiger partial charge in [-0.15, -0.1) is 0 Å². The minimum atomic E-state index is -4.40. The number of nitrogens with one attached hydrogen (secondary N) is 1. The van der Waals surface area contributed by atoms with E-state index in [0.717, 1.165) is 51.4 Å². The molecule has 0 aromatic rings. The van der Waals surface area contributed by atoms with E-state index in [1.165, 1.54) is 135 Å². The predicted molar refractivity (Wildman–Crippen MR) is 227 cm³/mol. The largest absolute Gasteiger partial charge is 0.472 e. The molecule has 0 saturated carbocycles. The monoisotopic (exact) mass is 787 g/mol. The van der Waals surface area contributed by atoms with Crippen LogP contribution in [0.5, 0.6) is 0 Å². The maximum Gasteiger partial charge on any atom is 0.472 e. The van der Waals surface area contributed by atoms with Crippen LogP contribution < -0.4 is 11.1 Å². The van der Waals surface area contributed by atoms with Crippen LogP contribution in [0.15, 0.2) is 24.3 Å². The van der Waals surface area contributed by atoms with Crippen molar-refractivity contribution in [3.05, 3.63) is 24.3 Å². The van der Waals surface area contributed by atoms with Crippen LogP contribution in [-0.4, -0.2) is 59.0 Å². The molecule has 0 spiro atoms. The Balaban J connectivity index is 4.32. The van der Waals surface area contributed by atoms with Crippen molar-refractivity contribution < 1.29 is 33.5 Å². The first kappa shape index (κ1) is 52.9. The Morgan fingerprint density at radius 1 is 0.630 bits per heavy atom. The Kier molecular flexibility index (Phi) is 39.4. The standard InChI is InChI=1S/C44H87N2O7P/c1-3-5-7-9-11-13-15-17-19-21-23-25-27-29-31-33-35-41(47)39-44(49)46-42(40-53-54(50,51)52-38-37-45)43(48)36-34-32-30-28-26-24-22-20-18-16-14-12-10-8-6-4-2/h23,25,34,36,41-43,47-48H,3-22,24,26-33,35,37-40,45H2,1-2H3,(H,46,49)(H,50,51)/b25-23-,36-34+. The summed E-state index contributed by atoms with van der Waals surface area (Å²) in [4.78, 5) is 22.8. The molecule has 1 amide bonds. The summed E-state index contributed by atoms with van der Waals surface area (Å²) >= 11 is 0. The van der Waals surface area contributed by atoms with Gasteiger partial charge in [0.15, 0.2) is 0 Å². The number of phosphoric ester groups is 1. The molecule has 0 aliphatic heterocycles. The zero-order valence-corrected chi connectivity index (χ0v) is 36.0. The number of allylic oxidation sites excluding steroid dienone is 3. The van der Waals surface area contributed by atoms with Crippen LogP contribution in [0.4, 0.5) is 0 Å². The van der Waals surface area contributed by atoms with Gasteiger partial charge in [0.05, 0.1) is 37.9 Å². The van der Waals surface area contributed by atoms with E-state index in [-0.39, 0.29) is 19.6 Å². The number of carbonyl (C=O) groups is 1. The summed E-state index contributed by atoms with van der Waals surface area (Å²) in [5.41, 5.74) is 5.36. The normalized spacial score (nSPS) is 14.9. The summed E-state index contributed by atoms with van der Waals surface area (Å²) in [6.45, 7) is 3.98. The van der Waals surface area contributed by atoms with E-state index in [9.17, 15) is 24.5 Å². The second-order valence-electron chi connectivity index (χ2n) is 15.4. The molecule has 0 fully saturated rings. The third-order valence-electron chi connectivity index (χ3n) is 10.1. The number of carbonyl (C=O) groups excluding carboxylic acids is 1. The first-order chi connectivity index (χ1) is 26.3. The molecule has 0 rings (SSSR count). The molecule has 9 nitrogen and oxygen atoms in total. The Bertz CT molecular complexity index is 919. The number of unbranched alkanes of at least 4 members (excludes halogenated alkanes) is 26. The number of phosphoric acid groups is 1. The fraction of sp³-hybridized carbons (Fsp3) is 0.886. The number of amides is 1. The molecule has 0 saturated heterocycles. The quantitative estimate of drug-likeness (QED) is 0.0233. The minimum absolute atomic E-state index is 0.0483. The van der Waals surface area contributed by atoms with Gasteiger partial charge in [-0.05, 0) is 44.9 Å². The zero-order valence-electron chi connectivity index (χ0n) is 35.1. The van der Waals surface area contributed by atoms with Crippen molar-refractivity contribution in [1.29, 1.82) is 0 Å². The zero-order chi connectivity index (χ0) is 39.8. The molecule has 4 unspecified atom stereocenters. The molecule has 0 aromatic carbocycles. The van der Waals surface area contributed by atoms with Crippen LogP contribution in [0.1, 0.15) is 213 Å². The fourth-order valence-electron chi connectivity index (χ4n) is 6.64. The Morgan fingerprint density at radius 2 is 1.04 bits per heavy atom. The van der Waals surface area contributed by atoms with Gasteiger partial charge in [0.1, 0.15) is 0 Å². The van der Waals surface area contributed by atoms with Crippen molar-refractivity contribution >= 4 is 13.7 Å². The smallest absolute Gasteiger partial charge is 0.393 e. The maximum atomic E-state index is 12.8. The average Bonchev–Trinajstić information content (AvgIpc) is 3.15. The topological polar surface area (TPSA) is 151 Å². The highest BCUT2D eigenvalue weighted by Crippen LogP contribution is 2.43. The summed E-state index contributed by atoms with van der Waals surface area (Å²) in [6, 6.07) is -0.985. The van der Waals surface area contributed by atoms with E-state index in [4.69, 9.17) is 14.8 Å². The van der Waals surface area contributed by atoms with Gasteiger partial charge in [-0.25, -0.2) is 4.57 Å². The number of hydrogen-bond donors (Lipinski definition) is 5. The summed E-state index contributed by atoms with van der Waals surface area (Å²) in [6.07, 6.45) is 42.6. The molecule has 0 bridgehead atoms. The highest BCUT2D eigenvalue weighted by atomic mass is 31.2. The van der Waals surface area contributed by atoms with E-state index in [1.54, 1.807) is 6.08 Å². The second-order valence-corrected chi connectivity index (χ2v) is 16.9. The Morgan fingerprint density at radius 3 is 1.48 bits per heavy atom. The molecule has 320 valence electrons. The third kappa shape index (κ3) is 37.8. The van der Waals surface area contributed by atoms with Gasteiger partial charge in [0.2, 0.25) is 5.91 Å². The lowest BCUT2D eigenvalue weighted by molar-refractivity contribution is -0.124. The van der Waals surface area contributed by atoms with Gasteiger partial charge in [-0.1, -0.05) is 186 Å². The minimum Gasteiger partial charge on any atom is -0.393 e. The number of hydrogen-bond acceptors (Lipinski definition) is 7. The van der Waals surface area contributed by atoms with Crippen molar-refractivity contribution in [3.63, 3.8) is 0 Å². The second kappa shape index (κ2) is 40.1. The van der Waals surface area contributed by atoms with Gasteiger partial charge in [-0.3, -0.25) is 13.8 Å². The van der Waals surface area contributed by atoms with Crippen LogP contribution in [-0.2, 0) is 18.4 Å². The highest BCUT2D eigenvalue weighted by Gasteiger charge is 2.27. The molecule has 0 aromatic heterocycles. The maximum absolute atomic E-state index is 12.8. The lowest BCUT2D eigenvalue weighted by Gasteiger charge is -2.24. The van der Waals surface area contributed by atoms with Crippen LogP contribution >= 0.6 is 7.82 Å². The number of aliphatic hydroxyl groups is 2. The van der Waals surface area contributed by atoms with Crippen LogP contribution in [0.2, 0.25) is 0 Å². The summed E-state index contributed by atoms with van der Waals surface area (Å²) in [7, 11) is -4.40. The summed E-state index contributed by atoms with van der Waals surface area (Å²) < 4.78 is 22.1. The summed E-state index contributed by atoms with van der Waals surface area (Å²) in [5.74, 6) is -0.453. The van der Waals surface area contributed by atoms with Gasteiger partial charge in [0, 0.05) is 6.54 Å². The van der Waals surface area contributed by atoms with Crippen molar-refractivity contribution in [2.45, 2.75) is 231 Å². The van der Waals surface area contributed by atoms with Crippen molar-refractivity contribution in [2.24, 2.45) is 5.73 Å². The summed E-state index contributed by atoms with van der Waals surface area (Å²) in [5, 5.41) is 24.1. The molecule has 10 heteroatoms. The molecular formula is C44H87N2O7P. The first-order valence-electron chi connectivity index (χ1n) is 22.5. The molecule has 54 heavy (non-hydrogen) atoms. The van der Waals surface area contributed by atoms with E-state index >= 15 is 0 Å². The lowest BCUT2D eigenvalue weighted by Crippen LogP contribution is -2.46. The van der Waals surface area contributed by atoms with Gasteiger partial charge in [-0.2, -0.15) is 0 Å².